The average molecular weight is 341 g/mol. The fourth-order valence-corrected chi connectivity index (χ4v) is 2.65. The molecule has 0 aliphatic heterocycles. The molecule has 0 radical (unpaired) electrons. The van der Waals surface area contributed by atoms with Crippen molar-refractivity contribution in [2.45, 2.75) is 13.8 Å². The molecule has 0 saturated carbocycles. The summed E-state index contributed by atoms with van der Waals surface area (Å²) in [6.07, 6.45) is 1.46. The van der Waals surface area contributed by atoms with Crippen molar-refractivity contribution >= 4 is 28.1 Å². The Morgan fingerprint density at radius 3 is 2.24 bits per heavy atom. The van der Waals surface area contributed by atoms with Gasteiger partial charge in [-0.3, -0.25) is 9.78 Å². The molecular formula is C19H17F2N3O. The number of ketones is 1. The highest BCUT2D eigenvalue weighted by molar-refractivity contribution is 6.08. The van der Waals surface area contributed by atoms with Gasteiger partial charge in [-0.15, -0.1) is 0 Å². The summed E-state index contributed by atoms with van der Waals surface area (Å²) in [7, 11) is 0. The first-order valence-electron chi connectivity index (χ1n) is 7.77. The van der Waals surface area contributed by atoms with Crippen molar-refractivity contribution in [3.05, 3.63) is 53.7 Å². The maximum absolute atomic E-state index is 13.7. The second kappa shape index (κ2) is 6.12. The third-order valence-corrected chi connectivity index (χ3v) is 4.11. The number of nitrogen functional groups attached to an aromatic ring is 2. The molecule has 6 heteroatoms. The Bertz CT molecular complexity index is 976. The van der Waals surface area contributed by atoms with Crippen LogP contribution in [0.5, 0.6) is 0 Å². The first-order valence-corrected chi connectivity index (χ1v) is 7.77. The number of aromatic nitrogens is 1. The number of nitrogens with zero attached hydrogens (tertiary/aromatic N) is 1. The molecule has 3 rings (SSSR count). The SMILES string of the molecule is CC(C)C(=O)c1cnc2ccc(-c3cc(F)c(N)c(F)c3)cc2c1N. The van der Waals surface area contributed by atoms with E-state index in [0.29, 0.717) is 33.3 Å². The fraction of sp³-hybridized carbons (Fsp3) is 0.158. The number of halogens is 2. The Kier molecular flexibility index (Phi) is 4.12. The standard InChI is InChI=1S/C19H17F2N3O/c1-9(2)19(25)13-8-24-16-4-3-10(5-12(16)17(13)22)11-6-14(20)18(23)15(21)7-11/h3-9H,23H2,1-2H3,(H2,22,24). The van der Waals surface area contributed by atoms with E-state index >= 15 is 0 Å². The summed E-state index contributed by atoms with van der Waals surface area (Å²) in [5.41, 5.74) is 13.1. The summed E-state index contributed by atoms with van der Waals surface area (Å²) in [4.78, 5) is 16.5. The molecule has 0 saturated heterocycles. The van der Waals surface area contributed by atoms with E-state index in [2.05, 4.69) is 4.98 Å². The van der Waals surface area contributed by atoms with Gasteiger partial charge in [0.2, 0.25) is 0 Å². The first-order chi connectivity index (χ1) is 11.8. The normalized spacial score (nSPS) is 11.2. The van der Waals surface area contributed by atoms with Gasteiger partial charge in [-0.05, 0) is 35.4 Å². The minimum Gasteiger partial charge on any atom is -0.398 e. The van der Waals surface area contributed by atoms with Gasteiger partial charge < -0.3 is 11.5 Å². The van der Waals surface area contributed by atoms with Crippen molar-refractivity contribution in [3.8, 4) is 11.1 Å². The summed E-state index contributed by atoms with van der Waals surface area (Å²) in [5, 5.41) is 0.557. The number of carbonyl (C=O) groups excluding carboxylic acids is 1. The van der Waals surface area contributed by atoms with Crippen LogP contribution in [0, 0.1) is 17.6 Å². The molecule has 4 nitrogen and oxygen atoms in total. The second-order valence-corrected chi connectivity index (χ2v) is 6.19. The predicted molar refractivity (Wildman–Crippen MR) is 95.1 cm³/mol. The van der Waals surface area contributed by atoms with Gasteiger partial charge in [0.15, 0.2) is 5.78 Å². The maximum Gasteiger partial charge on any atom is 0.169 e. The van der Waals surface area contributed by atoms with Crippen molar-refractivity contribution in [2.75, 3.05) is 11.5 Å². The van der Waals surface area contributed by atoms with Crippen LogP contribution in [-0.4, -0.2) is 10.8 Å². The molecule has 0 amide bonds. The molecule has 2 aromatic carbocycles. The lowest BCUT2D eigenvalue weighted by molar-refractivity contribution is 0.0940. The molecule has 1 heterocycles. The van der Waals surface area contributed by atoms with Crippen LogP contribution < -0.4 is 11.5 Å². The van der Waals surface area contributed by atoms with E-state index in [1.807, 2.05) is 0 Å². The molecule has 0 fully saturated rings. The van der Waals surface area contributed by atoms with Crippen LogP contribution in [0.15, 0.2) is 36.5 Å². The highest BCUT2D eigenvalue weighted by Gasteiger charge is 2.17. The minimum atomic E-state index is -0.829. The number of fused-ring (bicyclic) bond motifs is 1. The third-order valence-electron chi connectivity index (χ3n) is 4.11. The number of carbonyl (C=O) groups is 1. The zero-order valence-electron chi connectivity index (χ0n) is 13.8. The molecule has 0 atom stereocenters. The van der Waals surface area contributed by atoms with Crippen LogP contribution >= 0.6 is 0 Å². The van der Waals surface area contributed by atoms with Crippen LogP contribution in [0.25, 0.3) is 22.0 Å². The zero-order chi connectivity index (χ0) is 18.3. The number of nitrogens with two attached hydrogens (primary N) is 2. The van der Waals surface area contributed by atoms with Gasteiger partial charge in [0, 0.05) is 17.5 Å². The molecule has 128 valence electrons. The molecular weight excluding hydrogens is 324 g/mol. The van der Waals surface area contributed by atoms with Crippen LogP contribution in [0.4, 0.5) is 20.2 Å². The lowest BCUT2D eigenvalue weighted by Crippen LogP contribution is -2.11. The molecule has 0 bridgehead atoms. The van der Waals surface area contributed by atoms with E-state index in [9.17, 15) is 13.6 Å². The lowest BCUT2D eigenvalue weighted by Gasteiger charge is -2.11. The van der Waals surface area contributed by atoms with Gasteiger partial charge in [-0.1, -0.05) is 19.9 Å². The van der Waals surface area contributed by atoms with Crippen molar-refractivity contribution < 1.29 is 13.6 Å². The Balaban J connectivity index is 2.19. The Morgan fingerprint density at radius 2 is 1.64 bits per heavy atom. The zero-order valence-corrected chi connectivity index (χ0v) is 13.8. The molecule has 0 aliphatic rings. The van der Waals surface area contributed by atoms with Crippen LogP contribution in [0.1, 0.15) is 24.2 Å². The van der Waals surface area contributed by atoms with Crippen molar-refractivity contribution in [2.24, 2.45) is 5.92 Å². The molecule has 25 heavy (non-hydrogen) atoms. The van der Waals surface area contributed by atoms with E-state index in [1.54, 1.807) is 32.0 Å². The van der Waals surface area contributed by atoms with Crippen molar-refractivity contribution in [3.63, 3.8) is 0 Å². The first kappa shape index (κ1) is 16.8. The van der Waals surface area contributed by atoms with Gasteiger partial charge in [0.25, 0.3) is 0 Å². The number of anilines is 2. The maximum atomic E-state index is 13.7. The number of Topliss-reactive ketones (excluding diaryl/α,β-unsaturated/α-hetero) is 1. The van der Waals surface area contributed by atoms with Gasteiger partial charge in [0.05, 0.1) is 16.8 Å². The molecule has 0 unspecified atom stereocenters. The van der Waals surface area contributed by atoms with Gasteiger partial charge in [-0.25, -0.2) is 8.78 Å². The number of benzene rings is 2. The molecule has 3 aromatic rings. The fourth-order valence-electron chi connectivity index (χ4n) is 2.65. The largest absolute Gasteiger partial charge is 0.398 e. The average Bonchev–Trinajstić information content (AvgIpc) is 2.58. The van der Waals surface area contributed by atoms with E-state index in [1.165, 1.54) is 6.20 Å². The van der Waals surface area contributed by atoms with Crippen LogP contribution in [0.2, 0.25) is 0 Å². The minimum absolute atomic E-state index is 0.109. The Labute approximate surface area is 143 Å². The monoisotopic (exact) mass is 341 g/mol. The number of hydrogen-bond acceptors (Lipinski definition) is 4. The summed E-state index contributed by atoms with van der Waals surface area (Å²) in [6, 6.07) is 7.36. The second-order valence-electron chi connectivity index (χ2n) is 6.19. The summed E-state index contributed by atoms with van der Waals surface area (Å²) < 4.78 is 27.5. The van der Waals surface area contributed by atoms with E-state index in [4.69, 9.17) is 11.5 Å². The van der Waals surface area contributed by atoms with Gasteiger partial charge in [0.1, 0.15) is 17.3 Å². The van der Waals surface area contributed by atoms with Crippen LogP contribution in [-0.2, 0) is 0 Å². The van der Waals surface area contributed by atoms with E-state index in [0.717, 1.165) is 12.1 Å². The predicted octanol–water partition coefficient (Wildman–Crippen LogP) is 4.18. The third kappa shape index (κ3) is 2.91. The molecule has 0 spiro atoms. The van der Waals surface area contributed by atoms with Crippen molar-refractivity contribution in [1.82, 2.24) is 4.98 Å². The number of pyridine rings is 1. The number of rotatable bonds is 3. The lowest BCUT2D eigenvalue weighted by atomic mass is 9.97. The van der Waals surface area contributed by atoms with Gasteiger partial charge >= 0.3 is 0 Å². The van der Waals surface area contributed by atoms with E-state index < -0.39 is 17.3 Å². The molecule has 4 N–H and O–H groups in total. The topological polar surface area (TPSA) is 82.0 Å². The smallest absolute Gasteiger partial charge is 0.169 e. The van der Waals surface area contributed by atoms with Gasteiger partial charge in [-0.2, -0.15) is 0 Å². The Morgan fingerprint density at radius 1 is 1.00 bits per heavy atom. The number of hydrogen-bond donors (Lipinski definition) is 2. The Hall–Kier alpha value is -3.02. The quantitative estimate of drug-likeness (QED) is 0.553. The van der Waals surface area contributed by atoms with Crippen molar-refractivity contribution in [1.29, 1.82) is 0 Å². The molecule has 1 aromatic heterocycles. The highest BCUT2D eigenvalue weighted by atomic mass is 19.1. The van der Waals surface area contributed by atoms with E-state index in [-0.39, 0.29) is 11.7 Å². The summed E-state index contributed by atoms with van der Waals surface area (Å²) in [6.45, 7) is 3.56. The molecule has 0 aliphatic carbocycles. The summed E-state index contributed by atoms with van der Waals surface area (Å²) >= 11 is 0. The van der Waals surface area contributed by atoms with Crippen LogP contribution in [0.3, 0.4) is 0 Å². The highest BCUT2D eigenvalue weighted by Crippen LogP contribution is 2.31. The summed E-state index contributed by atoms with van der Waals surface area (Å²) in [5.74, 6) is -1.98.